The third-order valence-corrected chi connectivity index (χ3v) is 2.49. The normalized spacial score (nSPS) is 10.9. The van der Waals surface area contributed by atoms with Crippen LogP contribution in [0, 0.1) is 0 Å². The van der Waals surface area contributed by atoms with E-state index in [1.807, 2.05) is 36.9 Å². The van der Waals surface area contributed by atoms with E-state index in [0.29, 0.717) is 13.2 Å². The van der Waals surface area contributed by atoms with Gasteiger partial charge in [-0.15, -0.1) is 0 Å². The van der Waals surface area contributed by atoms with Crippen molar-refractivity contribution in [2.45, 2.75) is 20.5 Å². The molecule has 1 aromatic carbocycles. The second kappa shape index (κ2) is 5.03. The minimum atomic E-state index is 0.636. The number of ether oxygens (including phenoxy) is 1. The quantitative estimate of drug-likeness (QED) is 0.771. The van der Waals surface area contributed by atoms with Crippen LogP contribution in [0.1, 0.15) is 19.4 Å². The summed E-state index contributed by atoms with van der Waals surface area (Å²) in [5.74, 6) is 0. The number of rotatable bonds is 5. The largest absolute Gasteiger partial charge is 0.414 e. The third-order valence-electron chi connectivity index (χ3n) is 2.49. The van der Waals surface area contributed by atoms with Crippen LogP contribution in [-0.4, -0.2) is 17.9 Å². The lowest BCUT2D eigenvalue weighted by molar-refractivity contribution is 0.123. The van der Waals surface area contributed by atoms with Gasteiger partial charge in [0.2, 0.25) is 0 Å². The van der Waals surface area contributed by atoms with E-state index in [9.17, 15) is 0 Å². The molecule has 0 saturated carbocycles. The lowest BCUT2D eigenvalue weighted by Crippen LogP contribution is -2.08. The Kier molecular flexibility index (Phi) is 3.47. The van der Waals surface area contributed by atoms with Crippen molar-refractivity contribution in [3.05, 3.63) is 36.0 Å². The maximum absolute atomic E-state index is 5.54. The van der Waals surface area contributed by atoms with Crippen molar-refractivity contribution in [3.63, 3.8) is 0 Å². The minimum absolute atomic E-state index is 0.636. The standard InChI is InChI=1S/C13H17NO2/c1-3-15-10-11-9-14(16-4-2)13-8-6-5-7-12(11)13/h5-9H,3-4,10H2,1-2H3. The zero-order chi connectivity index (χ0) is 11.4. The fourth-order valence-electron chi connectivity index (χ4n) is 1.79. The van der Waals surface area contributed by atoms with E-state index >= 15 is 0 Å². The Labute approximate surface area is 95.5 Å². The number of hydrogen-bond acceptors (Lipinski definition) is 2. The van der Waals surface area contributed by atoms with Gasteiger partial charge in [-0.2, -0.15) is 4.73 Å². The molecule has 0 saturated heterocycles. The average molecular weight is 219 g/mol. The molecule has 3 heteroatoms. The lowest BCUT2D eigenvalue weighted by atomic mass is 10.2. The zero-order valence-corrected chi connectivity index (χ0v) is 9.77. The fourth-order valence-corrected chi connectivity index (χ4v) is 1.79. The van der Waals surface area contributed by atoms with Crippen LogP contribution >= 0.6 is 0 Å². The molecule has 2 rings (SSSR count). The van der Waals surface area contributed by atoms with Crippen molar-refractivity contribution in [2.24, 2.45) is 0 Å². The van der Waals surface area contributed by atoms with Crippen molar-refractivity contribution in [3.8, 4) is 0 Å². The second-order valence-corrected chi connectivity index (χ2v) is 3.55. The Morgan fingerprint density at radius 2 is 1.94 bits per heavy atom. The summed E-state index contributed by atoms with van der Waals surface area (Å²) in [7, 11) is 0. The maximum Gasteiger partial charge on any atom is 0.112 e. The van der Waals surface area contributed by atoms with Gasteiger partial charge in [0, 0.05) is 17.6 Å². The summed E-state index contributed by atoms with van der Waals surface area (Å²) in [6.07, 6.45) is 2.00. The van der Waals surface area contributed by atoms with Crippen molar-refractivity contribution in [2.75, 3.05) is 13.2 Å². The molecular weight excluding hydrogens is 202 g/mol. The molecule has 0 spiro atoms. The molecule has 1 heterocycles. The SMILES string of the molecule is CCOCc1cn(OCC)c2ccccc12. The highest BCUT2D eigenvalue weighted by Crippen LogP contribution is 2.21. The first-order valence-corrected chi connectivity index (χ1v) is 5.66. The molecule has 0 amide bonds. The Bertz CT molecular complexity index is 462. The summed E-state index contributed by atoms with van der Waals surface area (Å²) >= 11 is 0. The second-order valence-electron chi connectivity index (χ2n) is 3.55. The number of benzene rings is 1. The smallest absolute Gasteiger partial charge is 0.112 e. The Morgan fingerprint density at radius 3 is 2.69 bits per heavy atom. The summed E-state index contributed by atoms with van der Waals surface area (Å²) in [6, 6.07) is 8.20. The van der Waals surface area contributed by atoms with Crippen molar-refractivity contribution >= 4 is 10.9 Å². The van der Waals surface area contributed by atoms with Gasteiger partial charge in [0.25, 0.3) is 0 Å². The van der Waals surface area contributed by atoms with Crippen LogP contribution in [0.4, 0.5) is 0 Å². The van der Waals surface area contributed by atoms with E-state index in [2.05, 4.69) is 12.1 Å². The van der Waals surface area contributed by atoms with Crippen LogP contribution in [-0.2, 0) is 11.3 Å². The Morgan fingerprint density at radius 1 is 1.12 bits per heavy atom. The van der Waals surface area contributed by atoms with Gasteiger partial charge in [0.15, 0.2) is 0 Å². The zero-order valence-electron chi connectivity index (χ0n) is 9.77. The molecule has 0 radical (unpaired) electrons. The molecule has 1 aromatic heterocycles. The molecule has 0 fully saturated rings. The molecule has 0 unspecified atom stereocenters. The first kappa shape index (κ1) is 11.0. The topological polar surface area (TPSA) is 23.4 Å². The van der Waals surface area contributed by atoms with Gasteiger partial charge < -0.3 is 9.57 Å². The summed E-state index contributed by atoms with van der Waals surface area (Å²) in [5, 5.41) is 1.20. The molecule has 16 heavy (non-hydrogen) atoms. The summed E-state index contributed by atoms with van der Waals surface area (Å²) in [6.45, 7) is 6.01. The first-order valence-electron chi connectivity index (χ1n) is 5.66. The molecular formula is C13H17NO2. The monoisotopic (exact) mass is 219 g/mol. The van der Waals surface area contributed by atoms with Crippen LogP contribution in [0.2, 0.25) is 0 Å². The Hall–Kier alpha value is -1.48. The molecule has 0 aliphatic rings. The van der Waals surface area contributed by atoms with E-state index in [-0.39, 0.29) is 0 Å². The maximum atomic E-state index is 5.54. The molecule has 0 aliphatic carbocycles. The minimum Gasteiger partial charge on any atom is -0.414 e. The van der Waals surface area contributed by atoms with Crippen LogP contribution < -0.4 is 4.84 Å². The number of aromatic nitrogens is 1. The highest BCUT2D eigenvalue weighted by atomic mass is 16.7. The highest BCUT2D eigenvalue weighted by molar-refractivity contribution is 5.83. The van der Waals surface area contributed by atoms with Gasteiger partial charge in [0.1, 0.15) is 6.61 Å². The highest BCUT2D eigenvalue weighted by Gasteiger charge is 2.07. The van der Waals surface area contributed by atoms with E-state index < -0.39 is 0 Å². The third kappa shape index (κ3) is 2.04. The first-order chi connectivity index (χ1) is 7.86. The summed E-state index contributed by atoms with van der Waals surface area (Å²) in [5.41, 5.74) is 2.27. The number of para-hydroxylation sites is 1. The van der Waals surface area contributed by atoms with Gasteiger partial charge in [0.05, 0.1) is 18.3 Å². The van der Waals surface area contributed by atoms with Crippen LogP contribution in [0.25, 0.3) is 10.9 Å². The van der Waals surface area contributed by atoms with E-state index in [4.69, 9.17) is 9.57 Å². The molecule has 0 N–H and O–H groups in total. The summed E-state index contributed by atoms with van der Waals surface area (Å²) < 4.78 is 7.27. The molecule has 0 bridgehead atoms. The van der Waals surface area contributed by atoms with Gasteiger partial charge >= 0.3 is 0 Å². The molecule has 0 atom stereocenters. The predicted molar refractivity (Wildman–Crippen MR) is 64.4 cm³/mol. The Balaban J connectivity index is 2.40. The molecule has 3 nitrogen and oxygen atoms in total. The molecule has 86 valence electrons. The van der Waals surface area contributed by atoms with Crippen molar-refractivity contribution in [1.29, 1.82) is 0 Å². The lowest BCUT2D eigenvalue weighted by Gasteiger charge is -2.03. The predicted octanol–water partition coefficient (Wildman–Crippen LogP) is 2.63. The number of hydrogen-bond donors (Lipinski definition) is 0. The average Bonchev–Trinajstić information content (AvgIpc) is 2.66. The van der Waals surface area contributed by atoms with E-state index in [0.717, 1.165) is 12.1 Å². The van der Waals surface area contributed by atoms with Crippen LogP contribution in [0.5, 0.6) is 0 Å². The fraction of sp³-hybridized carbons (Fsp3) is 0.385. The molecule has 0 aliphatic heterocycles. The number of nitrogens with zero attached hydrogens (tertiary/aromatic N) is 1. The summed E-state index contributed by atoms with van der Waals surface area (Å²) in [4.78, 5) is 5.54. The van der Waals surface area contributed by atoms with E-state index in [1.54, 1.807) is 0 Å². The molecule has 2 aromatic rings. The van der Waals surface area contributed by atoms with Gasteiger partial charge in [-0.3, -0.25) is 0 Å². The number of fused-ring (bicyclic) bond motifs is 1. The van der Waals surface area contributed by atoms with Gasteiger partial charge in [-0.05, 0) is 19.9 Å². The van der Waals surface area contributed by atoms with E-state index in [1.165, 1.54) is 10.9 Å². The van der Waals surface area contributed by atoms with Gasteiger partial charge in [-0.1, -0.05) is 18.2 Å². The van der Waals surface area contributed by atoms with Crippen LogP contribution in [0.15, 0.2) is 30.5 Å². The van der Waals surface area contributed by atoms with Crippen molar-refractivity contribution in [1.82, 2.24) is 4.73 Å². The van der Waals surface area contributed by atoms with Crippen LogP contribution in [0.3, 0.4) is 0 Å². The van der Waals surface area contributed by atoms with Crippen molar-refractivity contribution < 1.29 is 9.57 Å². The van der Waals surface area contributed by atoms with Gasteiger partial charge in [-0.25, -0.2) is 0 Å².